The Balaban J connectivity index is 2.64. The molecule has 0 unspecified atom stereocenters. The van der Waals surface area contributed by atoms with Crippen molar-refractivity contribution in [2.45, 2.75) is 6.92 Å². The van der Waals surface area contributed by atoms with E-state index in [9.17, 15) is 4.79 Å². The molecule has 0 fully saturated rings. The summed E-state index contributed by atoms with van der Waals surface area (Å²) in [6.45, 7) is 1.91. The van der Waals surface area contributed by atoms with E-state index in [2.05, 4.69) is 4.98 Å². The number of hydrogen-bond acceptors (Lipinski definition) is 2. The van der Waals surface area contributed by atoms with Gasteiger partial charge in [0, 0.05) is 5.56 Å². The topological polar surface area (TPSA) is 42.1 Å². The summed E-state index contributed by atoms with van der Waals surface area (Å²) in [5.41, 5.74) is 3.47. The molecule has 2 aromatic rings. The van der Waals surface area contributed by atoms with Crippen LogP contribution in [0.4, 0.5) is 0 Å². The largest absolute Gasteiger partial charge is 0.482 e. The van der Waals surface area contributed by atoms with Crippen LogP contribution in [-0.2, 0) is 0 Å². The van der Waals surface area contributed by atoms with Crippen molar-refractivity contribution in [3.05, 3.63) is 41.6 Å². The summed E-state index contributed by atoms with van der Waals surface area (Å²) in [5, 5.41) is 0. The number of rotatable bonds is 3. The number of aromatic nitrogens is 1. The molecule has 1 aromatic carbocycles. The van der Waals surface area contributed by atoms with Gasteiger partial charge in [-0.1, -0.05) is 30.3 Å². The van der Waals surface area contributed by atoms with Crippen LogP contribution in [0.3, 0.4) is 0 Å². The summed E-state index contributed by atoms with van der Waals surface area (Å²) in [5.74, 6) is 0.630. The number of methoxy groups -OCH3 is 1. The normalized spacial score (nSPS) is 10.1. The van der Waals surface area contributed by atoms with Crippen LogP contribution in [0.1, 0.15) is 16.1 Å². The molecule has 0 bridgehead atoms. The number of aromatic amines is 1. The fraction of sp³-hybridized carbons (Fsp3) is 0.154. The maximum Gasteiger partial charge on any atom is 0.199 e. The van der Waals surface area contributed by atoms with Gasteiger partial charge in [0.2, 0.25) is 0 Å². The van der Waals surface area contributed by atoms with E-state index in [1.165, 1.54) is 0 Å². The van der Waals surface area contributed by atoms with Crippen molar-refractivity contribution in [2.75, 3.05) is 7.11 Å². The van der Waals surface area contributed by atoms with Crippen molar-refractivity contribution in [2.24, 2.45) is 0 Å². The van der Waals surface area contributed by atoms with E-state index in [1.54, 1.807) is 7.11 Å². The fourth-order valence-corrected chi connectivity index (χ4v) is 1.81. The molecule has 1 heterocycles. The van der Waals surface area contributed by atoms with Crippen LogP contribution in [-0.4, -0.2) is 18.4 Å². The minimum absolute atomic E-state index is 0.565. The maximum absolute atomic E-state index is 10.9. The Kier molecular flexibility index (Phi) is 2.77. The zero-order chi connectivity index (χ0) is 11.5. The number of carbonyl (C=O) groups is 1. The Morgan fingerprint density at radius 3 is 2.50 bits per heavy atom. The lowest BCUT2D eigenvalue weighted by Crippen LogP contribution is -1.86. The Labute approximate surface area is 94.1 Å². The van der Waals surface area contributed by atoms with Crippen molar-refractivity contribution in [3.8, 4) is 17.0 Å². The second-order valence-corrected chi connectivity index (χ2v) is 3.56. The molecule has 0 amide bonds. The zero-order valence-corrected chi connectivity index (χ0v) is 9.28. The minimum Gasteiger partial charge on any atom is -0.482 e. The molecule has 0 aliphatic heterocycles. The number of aldehydes is 1. The molecule has 0 spiro atoms. The van der Waals surface area contributed by atoms with Gasteiger partial charge in [0.15, 0.2) is 12.2 Å². The van der Waals surface area contributed by atoms with Crippen LogP contribution in [0, 0.1) is 6.92 Å². The molecule has 16 heavy (non-hydrogen) atoms. The molecule has 0 radical (unpaired) electrons. The smallest absolute Gasteiger partial charge is 0.199 e. The highest BCUT2D eigenvalue weighted by atomic mass is 16.5. The molecular formula is C13H13NO2. The predicted molar refractivity (Wildman–Crippen MR) is 62.9 cm³/mol. The van der Waals surface area contributed by atoms with E-state index in [1.807, 2.05) is 37.3 Å². The van der Waals surface area contributed by atoms with Gasteiger partial charge in [-0.2, -0.15) is 0 Å². The van der Waals surface area contributed by atoms with Gasteiger partial charge in [-0.3, -0.25) is 4.79 Å². The van der Waals surface area contributed by atoms with E-state index in [0.717, 1.165) is 23.0 Å². The van der Waals surface area contributed by atoms with E-state index < -0.39 is 0 Å². The van der Waals surface area contributed by atoms with Crippen LogP contribution < -0.4 is 4.74 Å². The molecule has 0 saturated heterocycles. The zero-order valence-electron chi connectivity index (χ0n) is 9.28. The number of H-pyrrole nitrogens is 1. The second-order valence-electron chi connectivity index (χ2n) is 3.56. The summed E-state index contributed by atoms with van der Waals surface area (Å²) in [7, 11) is 1.59. The summed E-state index contributed by atoms with van der Waals surface area (Å²) in [4.78, 5) is 13.8. The monoisotopic (exact) mass is 215 g/mol. The standard InChI is InChI=1S/C13H13NO2/c1-9-11(8-15)14-13(16-2)12(9)10-6-4-3-5-7-10/h3-8,14H,1-2H3. The highest BCUT2D eigenvalue weighted by Crippen LogP contribution is 2.34. The molecule has 0 aliphatic carbocycles. The van der Waals surface area contributed by atoms with Crippen LogP contribution in [0.15, 0.2) is 30.3 Å². The molecule has 1 aromatic heterocycles. The van der Waals surface area contributed by atoms with E-state index >= 15 is 0 Å². The van der Waals surface area contributed by atoms with Crippen molar-refractivity contribution in [1.82, 2.24) is 4.98 Å². The molecule has 0 aliphatic rings. The third-order valence-corrected chi connectivity index (χ3v) is 2.64. The van der Waals surface area contributed by atoms with Gasteiger partial charge in [-0.15, -0.1) is 0 Å². The van der Waals surface area contributed by atoms with Crippen molar-refractivity contribution in [3.63, 3.8) is 0 Å². The number of ether oxygens (including phenoxy) is 1. The molecular weight excluding hydrogens is 202 g/mol. The van der Waals surface area contributed by atoms with Gasteiger partial charge < -0.3 is 9.72 Å². The molecule has 0 atom stereocenters. The van der Waals surface area contributed by atoms with Gasteiger partial charge in [0.1, 0.15) is 0 Å². The average Bonchev–Trinajstić information content (AvgIpc) is 2.66. The Bertz CT molecular complexity index is 500. The predicted octanol–water partition coefficient (Wildman–Crippen LogP) is 2.81. The van der Waals surface area contributed by atoms with Crippen molar-refractivity contribution >= 4 is 6.29 Å². The van der Waals surface area contributed by atoms with Crippen LogP contribution in [0.25, 0.3) is 11.1 Å². The van der Waals surface area contributed by atoms with Crippen molar-refractivity contribution in [1.29, 1.82) is 0 Å². The molecule has 3 heteroatoms. The first kappa shape index (κ1) is 10.5. The van der Waals surface area contributed by atoms with Gasteiger partial charge in [-0.05, 0) is 18.1 Å². The summed E-state index contributed by atoms with van der Waals surface area (Å²) in [6, 6.07) is 9.86. The lowest BCUT2D eigenvalue weighted by Gasteiger charge is -2.03. The molecule has 0 saturated carbocycles. The van der Waals surface area contributed by atoms with Crippen LogP contribution in [0.5, 0.6) is 5.88 Å². The average molecular weight is 215 g/mol. The van der Waals surface area contributed by atoms with E-state index in [4.69, 9.17) is 4.74 Å². The summed E-state index contributed by atoms with van der Waals surface area (Å²) < 4.78 is 5.25. The van der Waals surface area contributed by atoms with Crippen LogP contribution >= 0.6 is 0 Å². The number of benzene rings is 1. The SMILES string of the molecule is COc1[nH]c(C=O)c(C)c1-c1ccccc1. The lowest BCUT2D eigenvalue weighted by atomic mass is 10.0. The highest BCUT2D eigenvalue weighted by molar-refractivity contribution is 5.84. The first-order valence-electron chi connectivity index (χ1n) is 5.05. The molecule has 3 nitrogen and oxygen atoms in total. The van der Waals surface area contributed by atoms with Gasteiger partial charge in [-0.25, -0.2) is 0 Å². The molecule has 2 rings (SSSR count). The van der Waals surface area contributed by atoms with E-state index in [-0.39, 0.29) is 0 Å². The Hall–Kier alpha value is -2.03. The summed E-state index contributed by atoms with van der Waals surface area (Å²) in [6.07, 6.45) is 0.810. The quantitative estimate of drug-likeness (QED) is 0.800. The molecule has 1 N–H and O–H groups in total. The fourth-order valence-electron chi connectivity index (χ4n) is 1.81. The van der Waals surface area contributed by atoms with E-state index in [0.29, 0.717) is 11.6 Å². The number of nitrogens with one attached hydrogen (secondary N) is 1. The third kappa shape index (κ3) is 1.60. The minimum atomic E-state index is 0.565. The maximum atomic E-state index is 10.9. The number of carbonyl (C=O) groups excluding carboxylic acids is 1. The van der Waals surface area contributed by atoms with Gasteiger partial charge in [0.25, 0.3) is 0 Å². The first-order chi connectivity index (χ1) is 7.77. The van der Waals surface area contributed by atoms with Gasteiger partial charge >= 0.3 is 0 Å². The second kappa shape index (κ2) is 4.23. The third-order valence-electron chi connectivity index (χ3n) is 2.64. The van der Waals surface area contributed by atoms with Crippen LogP contribution in [0.2, 0.25) is 0 Å². The lowest BCUT2D eigenvalue weighted by molar-refractivity contribution is 0.111. The van der Waals surface area contributed by atoms with Gasteiger partial charge in [0.05, 0.1) is 12.8 Å². The Morgan fingerprint density at radius 2 is 1.94 bits per heavy atom. The Morgan fingerprint density at radius 1 is 1.25 bits per heavy atom. The first-order valence-corrected chi connectivity index (χ1v) is 5.05. The molecule has 82 valence electrons. The summed E-state index contributed by atoms with van der Waals surface area (Å²) >= 11 is 0. The van der Waals surface area contributed by atoms with Crippen molar-refractivity contribution < 1.29 is 9.53 Å². The highest BCUT2D eigenvalue weighted by Gasteiger charge is 2.15. The number of hydrogen-bond donors (Lipinski definition) is 1.